The predicted molar refractivity (Wildman–Crippen MR) is 109 cm³/mol. The lowest BCUT2D eigenvalue weighted by atomic mass is 10.2. The Morgan fingerprint density at radius 3 is 2.85 bits per heavy atom. The summed E-state index contributed by atoms with van der Waals surface area (Å²) in [5, 5.41) is 12.2. The van der Waals surface area contributed by atoms with E-state index in [1.807, 2.05) is 43.3 Å². The summed E-state index contributed by atoms with van der Waals surface area (Å²) >= 11 is 4.80. The van der Waals surface area contributed by atoms with Crippen LogP contribution in [0.3, 0.4) is 0 Å². The Balaban J connectivity index is 1.80. The fourth-order valence-corrected chi connectivity index (χ4v) is 3.60. The van der Waals surface area contributed by atoms with Crippen LogP contribution in [-0.4, -0.2) is 29.4 Å². The molecule has 134 valence electrons. The molecule has 1 amide bonds. The molecular weight excluding hydrogens is 416 g/mol. The van der Waals surface area contributed by atoms with Crippen LogP contribution < -0.4 is 10.1 Å². The molecule has 0 atom stereocenters. The highest BCUT2D eigenvalue weighted by molar-refractivity contribution is 9.10. The Labute approximate surface area is 164 Å². The van der Waals surface area contributed by atoms with Crippen molar-refractivity contribution >= 4 is 50.5 Å². The third-order valence-corrected chi connectivity index (χ3v) is 5.20. The van der Waals surface area contributed by atoms with Crippen LogP contribution in [0.5, 0.6) is 5.75 Å². The first-order valence-corrected chi connectivity index (χ1v) is 9.56. The van der Waals surface area contributed by atoms with E-state index in [1.54, 1.807) is 12.1 Å². The Morgan fingerprint density at radius 1 is 1.31 bits per heavy atom. The van der Waals surface area contributed by atoms with E-state index in [4.69, 9.17) is 9.84 Å². The van der Waals surface area contributed by atoms with Crippen LogP contribution in [0.2, 0.25) is 0 Å². The van der Waals surface area contributed by atoms with Crippen LogP contribution in [0, 0.1) is 6.92 Å². The van der Waals surface area contributed by atoms with E-state index in [1.165, 1.54) is 11.8 Å². The van der Waals surface area contributed by atoms with E-state index in [0.29, 0.717) is 15.8 Å². The number of hydrogen-bond acceptors (Lipinski definition) is 5. The largest absolute Gasteiger partial charge is 0.491 e. The van der Waals surface area contributed by atoms with Crippen molar-refractivity contribution in [3.63, 3.8) is 0 Å². The SMILES string of the molecule is Cc1ccccc1N=C1NC(=O)/C(=C/c2ccc(OCCO)cc2Br)S1. The summed E-state index contributed by atoms with van der Waals surface area (Å²) in [7, 11) is 0. The number of carbonyl (C=O) groups excluding carboxylic acids is 1. The van der Waals surface area contributed by atoms with Crippen LogP contribution in [0.1, 0.15) is 11.1 Å². The van der Waals surface area contributed by atoms with Crippen molar-refractivity contribution in [1.29, 1.82) is 0 Å². The molecule has 2 N–H and O–H groups in total. The molecule has 3 rings (SSSR count). The summed E-state index contributed by atoms with van der Waals surface area (Å²) in [6, 6.07) is 13.2. The van der Waals surface area contributed by atoms with E-state index in [-0.39, 0.29) is 19.1 Å². The number of para-hydroxylation sites is 1. The normalized spacial score (nSPS) is 17.0. The third-order valence-electron chi connectivity index (χ3n) is 3.61. The summed E-state index contributed by atoms with van der Waals surface area (Å²) in [4.78, 5) is 17.3. The van der Waals surface area contributed by atoms with Gasteiger partial charge in [-0.1, -0.05) is 40.2 Å². The van der Waals surface area contributed by atoms with E-state index in [2.05, 4.69) is 26.2 Å². The van der Waals surface area contributed by atoms with Crippen molar-refractivity contribution in [2.24, 2.45) is 4.99 Å². The number of nitrogens with one attached hydrogen (secondary N) is 1. The molecule has 0 aliphatic carbocycles. The molecule has 0 bridgehead atoms. The molecule has 5 nitrogen and oxygen atoms in total. The van der Waals surface area contributed by atoms with E-state index in [0.717, 1.165) is 21.3 Å². The van der Waals surface area contributed by atoms with E-state index >= 15 is 0 Å². The number of hydrogen-bond donors (Lipinski definition) is 2. The molecule has 2 aromatic rings. The fourth-order valence-electron chi connectivity index (χ4n) is 2.30. The molecule has 0 radical (unpaired) electrons. The standard InChI is InChI=1S/C19H17BrN2O3S/c1-12-4-2-3-5-16(12)21-19-22-18(24)17(26-19)10-13-6-7-14(11-15(13)20)25-9-8-23/h2-7,10-11,23H,8-9H2,1H3,(H,21,22,24)/b17-10-. The monoisotopic (exact) mass is 432 g/mol. The lowest BCUT2D eigenvalue weighted by Gasteiger charge is -2.06. The zero-order valence-electron chi connectivity index (χ0n) is 14.0. The van der Waals surface area contributed by atoms with Gasteiger partial charge in [-0.15, -0.1) is 0 Å². The van der Waals surface area contributed by atoms with Gasteiger partial charge in [0.2, 0.25) is 0 Å². The first-order valence-electron chi connectivity index (χ1n) is 7.95. The lowest BCUT2D eigenvalue weighted by Crippen LogP contribution is -2.19. The number of halogens is 1. The number of nitrogens with zero attached hydrogens (tertiary/aromatic N) is 1. The third kappa shape index (κ3) is 4.55. The van der Waals surface area contributed by atoms with Gasteiger partial charge in [0, 0.05) is 4.47 Å². The van der Waals surface area contributed by atoms with Gasteiger partial charge in [-0.2, -0.15) is 0 Å². The number of aliphatic imine (C=N–C) groups is 1. The van der Waals surface area contributed by atoms with Gasteiger partial charge in [0.05, 0.1) is 17.2 Å². The molecular formula is C19H17BrN2O3S. The Bertz CT molecular complexity index is 896. The van der Waals surface area contributed by atoms with Crippen molar-refractivity contribution in [1.82, 2.24) is 5.32 Å². The van der Waals surface area contributed by atoms with Crippen molar-refractivity contribution < 1.29 is 14.6 Å². The van der Waals surface area contributed by atoms with E-state index in [9.17, 15) is 4.79 Å². The minimum atomic E-state index is -0.171. The highest BCUT2D eigenvalue weighted by atomic mass is 79.9. The summed E-state index contributed by atoms with van der Waals surface area (Å²) in [6.07, 6.45) is 1.81. The average Bonchev–Trinajstić information content (AvgIpc) is 2.96. The van der Waals surface area contributed by atoms with Crippen LogP contribution in [0.4, 0.5) is 5.69 Å². The smallest absolute Gasteiger partial charge is 0.264 e. The molecule has 1 heterocycles. The minimum absolute atomic E-state index is 0.0385. The number of aryl methyl sites for hydroxylation is 1. The zero-order valence-corrected chi connectivity index (χ0v) is 16.4. The van der Waals surface area contributed by atoms with E-state index < -0.39 is 0 Å². The maximum Gasteiger partial charge on any atom is 0.264 e. The quantitative estimate of drug-likeness (QED) is 0.699. The average molecular weight is 433 g/mol. The fraction of sp³-hybridized carbons (Fsp3) is 0.158. The molecule has 0 saturated carbocycles. The number of amidine groups is 1. The second kappa shape index (κ2) is 8.53. The number of aliphatic hydroxyl groups is 1. The molecule has 1 saturated heterocycles. The number of aliphatic hydroxyl groups excluding tert-OH is 1. The summed E-state index contributed by atoms with van der Waals surface area (Å²) in [5.74, 6) is 0.480. The van der Waals surface area contributed by atoms with Crippen molar-refractivity contribution in [2.75, 3.05) is 13.2 Å². The van der Waals surface area contributed by atoms with Gasteiger partial charge in [-0.3, -0.25) is 4.79 Å². The second-order valence-corrected chi connectivity index (χ2v) is 7.41. The Morgan fingerprint density at radius 2 is 2.12 bits per heavy atom. The van der Waals surface area contributed by atoms with Crippen molar-refractivity contribution in [3.05, 3.63) is 63.0 Å². The van der Waals surface area contributed by atoms with Gasteiger partial charge in [0.25, 0.3) is 5.91 Å². The van der Waals surface area contributed by atoms with Crippen LogP contribution in [-0.2, 0) is 4.79 Å². The Hall–Kier alpha value is -2.09. The molecule has 7 heteroatoms. The molecule has 0 unspecified atom stereocenters. The van der Waals surface area contributed by atoms with Crippen molar-refractivity contribution in [3.8, 4) is 5.75 Å². The minimum Gasteiger partial charge on any atom is -0.491 e. The van der Waals surface area contributed by atoms with Gasteiger partial charge in [0.1, 0.15) is 12.4 Å². The van der Waals surface area contributed by atoms with Gasteiger partial charge >= 0.3 is 0 Å². The van der Waals surface area contributed by atoms with Gasteiger partial charge in [0.15, 0.2) is 5.17 Å². The number of thioether (sulfide) groups is 1. The summed E-state index contributed by atoms with van der Waals surface area (Å²) in [6.45, 7) is 2.18. The topological polar surface area (TPSA) is 70.9 Å². The Kier molecular flexibility index (Phi) is 6.13. The molecule has 1 aliphatic rings. The van der Waals surface area contributed by atoms with Crippen LogP contribution in [0.15, 0.2) is 56.8 Å². The molecule has 26 heavy (non-hydrogen) atoms. The molecule has 0 aromatic heterocycles. The van der Waals surface area contributed by atoms with Gasteiger partial charge in [-0.25, -0.2) is 4.99 Å². The zero-order chi connectivity index (χ0) is 18.5. The number of ether oxygens (including phenoxy) is 1. The predicted octanol–water partition coefficient (Wildman–Crippen LogP) is 4.02. The maximum absolute atomic E-state index is 12.2. The maximum atomic E-state index is 12.2. The number of rotatable bonds is 5. The molecule has 2 aromatic carbocycles. The number of benzene rings is 2. The number of carbonyl (C=O) groups is 1. The highest BCUT2D eigenvalue weighted by Gasteiger charge is 2.24. The number of amides is 1. The van der Waals surface area contributed by atoms with Crippen LogP contribution in [0.25, 0.3) is 6.08 Å². The van der Waals surface area contributed by atoms with Gasteiger partial charge in [-0.05, 0) is 54.1 Å². The highest BCUT2D eigenvalue weighted by Crippen LogP contribution is 2.31. The second-order valence-electron chi connectivity index (χ2n) is 5.52. The van der Waals surface area contributed by atoms with Gasteiger partial charge < -0.3 is 15.2 Å². The summed E-state index contributed by atoms with van der Waals surface area (Å²) in [5.41, 5.74) is 2.74. The molecule has 1 aliphatic heterocycles. The first kappa shape index (κ1) is 18.7. The summed E-state index contributed by atoms with van der Waals surface area (Å²) < 4.78 is 6.18. The van der Waals surface area contributed by atoms with Crippen molar-refractivity contribution in [2.45, 2.75) is 6.92 Å². The lowest BCUT2D eigenvalue weighted by molar-refractivity contribution is -0.115. The molecule has 1 fully saturated rings. The first-order chi connectivity index (χ1) is 12.6. The molecule has 0 spiro atoms. The van der Waals surface area contributed by atoms with Crippen LogP contribution >= 0.6 is 27.7 Å².